The van der Waals surface area contributed by atoms with Gasteiger partial charge in [-0.05, 0) is 77.4 Å². The summed E-state index contributed by atoms with van der Waals surface area (Å²) >= 11 is 0. The average Bonchev–Trinajstić information content (AvgIpc) is 3.86. The minimum absolute atomic E-state index is 0.0722. The molecule has 240 valence electrons. The van der Waals surface area contributed by atoms with Gasteiger partial charge in [-0.15, -0.1) is 0 Å². The van der Waals surface area contributed by atoms with E-state index in [1.165, 1.54) is 71.6 Å². The van der Waals surface area contributed by atoms with Crippen molar-refractivity contribution >= 4 is 43.6 Å². The molecule has 1 aliphatic heterocycles. The molecule has 0 fully saturated rings. The summed E-state index contributed by atoms with van der Waals surface area (Å²) in [4.78, 5) is 0. The fourth-order valence-electron chi connectivity index (χ4n) is 8.54. The van der Waals surface area contributed by atoms with Crippen molar-refractivity contribution in [3.05, 3.63) is 188 Å². The number of nitrogens with zero attached hydrogens (tertiary/aromatic N) is 2. The van der Waals surface area contributed by atoms with Crippen molar-refractivity contribution in [1.29, 1.82) is 0 Å². The number of hydrogen-bond acceptors (Lipinski definition) is 1. The number of allylic oxidation sites excluding steroid dienone is 2. The Morgan fingerprint density at radius 3 is 1.75 bits per heavy atom. The first-order valence-electron chi connectivity index (χ1n) is 17.7. The van der Waals surface area contributed by atoms with Crippen LogP contribution in [0.4, 0.5) is 0 Å². The Hall–Kier alpha value is -6.58. The molecule has 0 bridgehead atoms. The zero-order chi connectivity index (χ0) is 33.5. The smallest absolute Gasteiger partial charge is 0.132 e. The molecule has 3 heteroatoms. The highest BCUT2D eigenvalue weighted by Gasteiger charge is 2.33. The van der Waals surface area contributed by atoms with Crippen LogP contribution in [0, 0.1) is 0 Å². The zero-order valence-electron chi connectivity index (χ0n) is 27.8. The van der Waals surface area contributed by atoms with E-state index >= 15 is 0 Å². The van der Waals surface area contributed by atoms with Gasteiger partial charge in [-0.1, -0.05) is 121 Å². The van der Waals surface area contributed by atoms with Crippen LogP contribution in [0.25, 0.3) is 77.2 Å². The Balaban J connectivity index is 0.994. The second-order valence-corrected chi connectivity index (χ2v) is 13.7. The van der Waals surface area contributed by atoms with Crippen molar-refractivity contribution in [2.24, 2.45) is 0 Å². The molecule has 51 heavy (non-hydrogen) atoms. The second-order valence-electron chi connectivity index (χ2n) is 13.7. The van der Waals surface area contributed by atoms with Gasteiger partial charge in [-0.25, -0.2) is 0 Å². The summed E-state index contributed by atoms with van der Waals surface area (Å²) in [7, 11) is 0. The highest BCUT2D eigenvalue weighted by Crippen LogP contribution is 2.47. The quantitative estimate of drug-likeness (QED) is 0.185. The van der Waals surface area contributed by atoms with Gasteiger partial charge in [0, 0.05) is 50.0 Å². The molecule has 11 rings (SSSR count). The zero-order valence-corrected chi connectivity index (χ0v) is 27.8. The van der Waals surface area contributed by atoms with Crippen LogP contribution in [0.5, 0.6) is 5.75 Å². The Morgan fingerprint density at radius 1 is 0.412 bits per heavy atom. The first kappa shape index (κ1) is 28.3. The second kappa shape index (κ2) is 11.0. The van der Waals surface area contributed by atoms with E-state index in [2.05, 4.69) is 191 Å². The lowest BCUT2D eigenvalue weighted by molar-refractivity contribution is 0.270. The number of para-hydroxylation sites is 4. The molecular weight excluding hydrogens is 621 g/mol. The highest BCUT2D eigenvalue weighted by atomic mass is 16.5. The lowest BCUT2D eigenvalue weighted by Crippen LogP contribution is -2.15. The molecule has 9 aromatic rings. The Morgan fingerprint density at radius 2 is 1.00 bits per heavy atom. The SMILES string of the molecule is C1=CC2Oc3c(-c4cccc(-c5ccc(-n6c7ccccc7c7cc(-n8c9ccccc9c9ccccc98)ccc76)cc5)c4)cccc3C2C=C1. The first-order valence-corrected chi connectivity index (χ1v) is 17.7. The summed E-state index contributed by atoms with van der Waals surface area (Å²) < 4.78 is 11.3. The number of fused-ring (bicyclic) bond motifs is 9. The normalized spacial score (nSPS) is 16.2. The Kier molecular flexibility index (Phi) is 6.08. The summed E-state index contributed by atoms with van der Waals surface area (Å²) in [6.45, 7) is 0. The monoisotopic (exact) mass is 652 g/mol. The molecule has 2 aliphatic rings. The van der Waals surface area contributed by atoms with Crippen LogP contribution < -0.4 is 4.74 Å². The van der Waals surface area contributed by atoms with Crippen molar-refractivity contribution in [2.75, 3.05) is 0 Å². The maximum Gasteiger partial charge on any atom is 0.132 e. The summed E-state index contributed by atoms with van der Waals surface area (Å²) in [5.74, 6) is 1.28. The van der Waals surface area contributed by atoms with E-state index in [4.69, 9.17) is 4.74 Å². The molecule has 3 heterocycles. The molecule has 7 aromatic carbocycles. The molecule has 0 spiro atoms. The molecule has 0 amide bonds. The topological polar surface area (TPSA) is 19.1 Å². The van der Waals surface area contributed by atoms with Crippen molar-refractivity contribution in [3.63, 3.8) is 0 Å². The largest absolute Gasteiger partial charge is 0.484 e. The van der Waals surface area contributed by atoms with Crippen LogP contribution in [0.1, 0.15) is 11.5 Å². The maximum absolute atomic E-state index is 6.49. The standard InChI is InChI=1S/C48H32N2O/c1-5-19-43-37(13-1)38-14-2-6-20-44(38)50(43)35-27-28-46-42(30-35)39-15-3-7-21-45(39)49(46)34-25-23-31(24-26-34)32-11-9-12-33(29-32)36-17-10-18-41-40-16-4-8-22-47(40)51-48(36)41/h1-30,40,47H. The molecule has 1 aliphatic carbocycles. The highest BCUT2D eigenvalue weighted by molar-refractivity contribution is 6.12. The Labute approximate surface area is 295 Å². The molecule has 2 unspecified atom stereocenters. The minimum atomic E-state index is 0.0722. The van der Waals surface area contributed by atoms with Gasteiger partial charge in [0.05, 0.1) is 22.1 Å². The van der Waals surface area contributed by atoms with E-state index in [-0.39, 0.29) is 12.0 Å². The summed E-state index contributed by atoms with van der Waals surface area (Å²) in [5, 5.41) is 5.03. The van der Waals surface area contributed by atoms with Crippen LogP contribution >= 0.6 is 0 Å². The first-order chi connectivity index (χ1) is 25.3. The van der Waals surface area contributed by atoms with Gasteiger partial charge in [0.25, 0.3) is 0 Å². The van der Waals surface area contributed by atoms with E-state index < -0.39 is 0 Å². The van der Waals surface area contributed by atoms with Gasteiger partial charge in [-0.3, -0.25) is 0 Å². The average molecular weight is 653 g/mol. The molecular formula is C48H32N2O. The number of hydrogen-bond donors (Lipinski definition) is 0. The van der Waals surface area contributed by atoms with Gasteiger partial charge < -0.3 is 13.9 Å². The third-order valence-electron chi connectivity index (χ3n) is 10.9. The van der Waals surface area contributed by atoms with Crippen LogP contribution in [0.2, 0.25) is 0 Å². The van der Waals surface area contributed by atoms with Crippen LogP contribution in [0.15, 0.2) is 182 Å². The molecule has 0 saturated heterocycles. The van der Waals surface area contributed by atoms with E-state index in [1.54, 1.807) is 0 Å². The molecule has 2 aromatic heterocycles. The fraction of sp³-hybridized carbons (Fsp3) is 0.0417. The summed E-state index contributed by atoms with van der Waals surface area (Å²) in [6, 6.07) is 57.4. The van der Waals surface area contributed by atoms with Crippen molar-refractivity contribution in [2.45, 2.75) is 12.0 Å². The predicted molar refractivity (Wildman–Crippen MR) is 211 cm³/mol. The van der Waals surface area contributed by atoms with Crippen LogP contribution in [-0.4, -0.2) is 15.2 Å². The molecule has 0 radical (unpaired) electrons. The van der Waals surface area contributed by atoms with Crippen molar-refractivity contribution in [1.82, 2.24) is 9.13 Å². The van der Waals surface area contributed by atoms with Crippen LogP contribution in [0.3, 0.4) is 0 Å². The fourth-order valence-corrected chi connectivity index (χ4v) is 8.54. The van der Waals surface area contributed by atoms with Gasteiger partial charge in [-0.2, -0.15) is 0 Å². The van der Waals surface area contributed by atoms with E-state index in [0.717, 1.165) is 17.0 Å². The number of ether oxygens (including phenoxy) is 1. The lowest BCUT2D eigenvalue weighted by atomic mass is 9.90. The number of rotatable bonds is 4. The van der Waals surface area contributed by atoms with Crippen molar-refractivity contribution in [3.8, 4) is 39.4 Å². The number of benzene rings is 7. The lowest BCUT2D eigenvalue weighted by Gasteiger charge is -2.14. The van der Waals surface area contributed by atoms with Crippen LogP contribution in [-0.2, 0) is 0 Å². The maximum atomic E-state index is 6.49. The Bertz CT molecular complexity index is 2850. The van der Waals surface area contributed by atoms with Gasteiger partial charge >= 0.3 is 0 Å². The summed E-state index contributed by atoms with van der Waals surface area (Å²) in [5.41, 5.74) is 13.1. The number of aromatic nitrogens is 2. The third-order valence-corrected chi connectivity index (χ3v) is 10.9. The van der Waals surface area contributed by atoms with E-state index in [9.17, 15) is 0 Å². The third kappa shape index (κ3) is 4.25. The molecule has 0 N–H and O–H groups in total. The minimum Gasteiger partial charge on any atom is -0.484 e. The van der Waals surface area contributed by atoms with Crippen molar-refractivity contribution < 1.29 is 4.74 Å². The molecule has 3 nitrogen and oxygen atoms in total. The molecule has 2 atom stereocenters. The predicted octanol–water partition coefficient (Wildman–Crippen LogP) is 12.2. The van der Waals surface area contributed by atoms with Gasteiger partial charge in [0.15, 0.2) is 0 Å². The molecule has 0 saturated carbocycles. The van der Waals surface area contributed by atoms with Gasteiger partial charge in [0.2, 0.25) is 0 Å². The van der Waals surface area contributed by atoms with E-state index in [0.29, 0.717) is 0 Å². The van der Waals surface area contributed by atoms with Gasteiger partial charge in [0.1, 0.15) is 11.9 Å². The van der Waals surface area contributed by atoms with E-state index in [1.807, 2.05) is 0 Å². The summed E-state index contributed by atoms with van der Waals surface area (Å²) in [6.07, 6.45) is 8.69.